The second kappa shape index (κ2) is 6.26. The van der Waals surface area contributed by atoms with Crippen molar-refractivity contribution in [2.45, 2.75) is 25.8 Å². The topological polar surface area (TPSA) is 71.1 Å². The third-order valence-electron chi connectivity index (χ3n) is 2.34. The van der Waals surface area contributed by atoms with Gasteiger partial charge in [0.1, 0.15) is 0 Å². The van der Waals surface area contributed by atoms with Crippen LogP contribution in [0.25, 0.3) is 0 Å². The van der Waals surface area contributed by atoms with Crippen LogP contribution in [-0.4, -0.2) is 38.3 Å². The van der Waals surface area contributed by atoms with Crippen LogP contribution < -0.4 is 10.0 Å². The molecule has 0 atom stereocenters. The van der Waals surface area contributed by atoms with E-state index in [9.17, 15) is 8.42 Å². The van der Waals surface area contributed by atoms with Gasteiger partial charge < -0.3 is 5.32 Å². The molecule has 0 fully saturated rings. The molecular weight excluding hydrogens is 250 g/mol. The summed E-state index contributed by atoms with van der Waals surface area (Å²) in [4.78, 5) is 4.04. The predicted molar refractivity (Wildman–Crippen MR) is 72.9 cm³/mol. The average molecular weight is 271 g/mol. The maximum Gasteiger partial charge on any atom is 0.209 e. The van der Waals surface area contributed by atoms with Crippen molar-refractivity contribution < 1.29 is 8.42 Å². The van der Waals surface area contributed by atoms with Gasteiger partial charge in [-0.25, -0.2) is 13.1 Å². The van der Waals surface area contributed by atoms with E-state index in [1.807, 2.05) is 32.2 Å². The molecule has 2 N–H and O–H groups in total. The summed E-state index contributed by atoms with van der Waals surface area (Å²) in [6.07, 6.45) is 5.63. The molecule has 0 bridgehead atoms. The van der Waals surface area contributed by atoms with Gasteiger partial charge in [0, 0.05) is 24.5 Å². The van der Waals surface area contributed by atoms with E-state index in [1.54, 1.807) is 6.20 Å². The van der Waals surface area contributed by atoms with E-state index >= 15 is 0 Å². The number of nitrogens with one attached hydrogen (secondary N) is 2. The molecule has 6 heteroatoms. The fourth-order valence-electron chi connectivity index (χ4n) is 1.72. The third kappa shape index (κ3) is 6.68. The monoisotopic (exact) mass is 271 g/mol. The van der Waals surface area contributed by atoms with Gasteiger partial charge in [0.05, 0.1) is 6.26 Å². The lowest BCUT2D eigenvalue weighted by molar-refractivity contribution is 0.423. The number of sulfonamides is 1. The first kappa shape index (κ1) is 15.1. The Labute approximate surface area is 109 Å². The zero-order valence-corrected chi connectivity index (χ0v) is 11.9. The smallest absolute Gasteiger partial charge is 0.209 e. The summed E-state index contributed by atoms with van der Waals surface area (Å²) in [5, 5.41) is 3.24. The quantitative estimate of drug-likeness (QED) is 0.710. The number of aromatic nitrogens is 1. The van der Waals surface area contributed by atoms with Crippen LogP contribution in [0.5, 0.6) is 0 Å². The highest BCUT2D eigenvalue weighted by atomic mass is 32.2. The molecule has 0 unspecified atom stereocenters. The molecule has 0 aliphatic heterocycles. The normalized spacial score (nSPS) is 12.6. The van der Waals surface area contributed by atoms with Gasteiger partial charge in [-0.15, -0.1) is 0 Å². The second-order valence-electron chi connectivity index (χ2n) is 5.05. The minimum absolute atomic E-state index is 0.484. The summed E-state index contributed by atoms with van der Waals surface area (Å²) in [6, 6.07) is 3.93. The zero-order chi connectivity index (χ0) is 13.6. The van der Waals surface area contributed by atoms with Crippen molar-refractivity contribution in [1.82, 2.24) is 15.0 Å². The summed E-state index contributed by atoms with van der Waals surface area (Å²) in [5.41, 5.74) is 0.682. The van der Waals surface area contributed by atoms with E-state index in [4.69, 9.17) is 0 Å². The maximum atomic E-state index is 11.2. The van der Waals surface area contributed by atoms with Crippen molar-refractivity contribution in [2.75, 3.05) is 19.3 Å². The SMILES string of the molecule is CC(C)(CNCCc1cccnc1)NS(C)(=O)=O. The lowest BCUT2D eigenvalue weighted by Crippen LogP contribution is -2.50. The molecule has 1 rings (SSSR count). The molecule has 18 heavy (non-hydrogen) atoms. The summed E-state index contributed by atoms with van der Waals surface area (Å²) in [5.74, 6) is 0. The lowest BCUT2D eigenvalue weighted by atomic mass is 10.1. The second-order valence-corrected chi connectivity index (χ2v) is 6.79. The molecule has 0 aromatic carbocycles. The first-order chi connectivity index (χ1) is 8.29. The van der Waals surface area contributed by atoms with E-state index in [0.29, 0.717) is 6.54 Å². The Morgan fingerprint density at radius 1 is 1.39 bits per heavy atom. The molecule has 0 radical (unpaired) electrons. The molecule has 0 amide bonds. The molecular formula is C12H21N3O2S. The van der Waals surface area contributed by atoms with Gasteiger partial charge in [0.25, 0.3) is 0 Å². The highest BCUT2D eigenvalue weighted by molar-refractivity contribution is 7.88. The number of hydrogen-bond acceptors (Lipinski definition) is 4. The summed E-state index contributed by atoms with van der Waals surface area (Å²) in [7, 11) is -3.17. The van der Waals surface area contributed by atoms with Gasteiger partial charge >= 0.3 is 0 Å². The van der Waals surface area contributed by atoms with Crippen LogP contribution in [0, 0.1) is 0 Å². The Morgan fingerprint density at radius 2 is 2.11 bits per heavy atom. The van der Waals surface area contributed by atoms with Crippen molar-refractivity contribution in [3.63, 3.8) is 0 Å². The van der Waals surface area contributed by atoms with E-state index < -0.39 is 15.6 Å². The Balaban J connectivity index is 2.29. The number of pyridine rings is 1. The van der Waals surface area contributed by atoms with Crippen LogP contribution in [0.2, 0.25) is 0 Å². The van der Waals surface area contributed by atoms with E-state index in [0.717, 1.165) is 13.0 Å². The van der Waals surface area contributed by atoms with Crippen LogP contribution in [0.1, 0.15) is 19.4 Å². The molecule has 1 aromatic heterocycles. The first-order valence-electron chi connectivity index (χ1n) is 5.87. The van der Waals surface area contributed by atoms with Crippen LogP contribution in [-0.2, 0) is 16.4 Å². The average Bonchev–Trinajstić information content (AvgIpc) is 2.23. The fraction of sp³-hybridized carbons (Fsp3) is 0.583. The van der Waals surface area contributed by atoms with E-state index in [2.05, 4.69) is 15.0 Å². The van der Waals surface area contributed by atoms with Crippen LogP contribution in [0.15, 0.2) is 24.5 Å². The molecule has 0 aliphatic rings. The van der Waals surface area contributed by atoms with E-state index in [-0.39, 0.29) is 0 Å². The minimum atomic E-state index is -3.17. The standard InChI is InChI=1S/C12H21N3O2S/c1-12(2,15-18(3,16)17)10-14-8-6-11-5-4-7-13-9-11/h4-5,7,9,14-15H,6,8,10H2,1-3H3. The van der Waals surface area contributed by atoms with Gasteiger partial charge in [0.15, 0.2) is 0 Å². The third-order valence-corrected chi connectivity index (χ3v) is 3.27. The zero-order valence-electron chi connectivity index (χ0n) is 11.1. The fourth-order valence-corrected chi connectivity index (χ4v) is 2.79. The minimum Gasteiger partial charge on any atom is -0.315 e. The number of hydrogen-bond donors (Lipinski definition) is 2. The highest BCUT2D eigenvalue weighted by Crippen LogP contribution is 2.02. The Hall–Kier alpha value is -0.980. The largest absolute Gasteiger partial charge is 0.315 e. The van der Waals surface area contributed by atoms with Crippen molar-refractivity contribution >= 4 is 10.0 Å². The molecule has 0 saturated carbocycles. The maximum absolute atomic E-state index is 11.2. The van der Waals surface area contributed by atoms with Crippen LogP contribution >= 0.6 is 0 Å². The van der Waals surface area contributed by atoms with Gasteiger partial charge in [-0.3, -0.25) is 4.98 Å². The molecule has 102 valence electrons. The van der Waals surface area contributed by atoms with E-state index in [1.165, 1.54) is 11.8 Å². The van der Waals surface area contributed by atoms with Crippen LogP contribution in [0.4, 0.5) is 0 Å². The summed E-state index contributed by atoms with van der Waals surface area (Å²) < 4.78 is 24.9. The molecule has 0 saturated heterocycles. The molecule has 1 aromatic rings. The first-order valence-corrected chi connectivity index (χ1v) is 7.76. The predicted octanol–water partition coefficient (Wildman–Crippen LogP) is 0.541. The summed E-state index contributed by atoms with van der Waals surface area (Å²) >= 11 is 0. The van der Waals surface area contributed by atoms with Gasteiger partial charge in [0.2, 0.25) is 10.0 Å². The van der Waals surface area contributed by atoms with Crippen LogP contribution in [0.3, 0.4) is 0 Å². The van der Waals surface area contributed by atoms with Crippen molar-refractivity contribution in [1.29, 1.82) is 0 Å². The Kier molecular flexibility index (Phi) is 5.25. The summed E-state index contributed by atoms with van der Waals surface area (Å²) in [6.45, 7) is 5.08. The van der Waals surface area contributed by atoms with Crippen molar-refractivity contribution in [3.8, 4) is 0 Å². The lowest BCUT2D eigenvalue weighted by Gasteiger charge is -2.25. The van der Waals surface area contributed by atoms with Crippen molar-refractivity contribution in [3.05, 3.63) is 30.1 Å². The van der Waals surface area contributed by atoms with Crippen molar-refractivity contribution in [2.24, 2.45) is 0 Å². The molecule has 1 heterocycles. The molecule has 0 aliphatic carbocycles. The highest BCUT2D eigenvalue weighted by Gasteiger charge is 2.21. The van der Waals surface area contributed by atoms with Gasteiger partial charge in [-0.05, 0) is 38.4 Å². The van der Waals surface area contributed by atoms with Gasteiger partial charge in [-0.1, -0.05) is 6.07 Å². The Bertz CT molecular complexity index is 457. The Morgan fingerprint density at radius 3 is 2.67 bits per heavy atom. The van der Waals surface area contributed by atoms with Gasteiger partial charge in [-0.2, -0.15) is 0 Å². The molecule has 0 spiro atoms. The number of nitrogens with zero attached hydrogens (tertiary/aromatic N) is 1. The molecule has 5 nitrogen and oxygen atoms in total. The number of rotatable bonds is 7.